The minimum atomic E-state index is 0.926. The maximum absolute atomic E-state index is 4.15. The number of piperazine rings is 1. The molecule has 3 aliphatic rings. The number of likely N-dealkylation sites (tertiary alicyclic amines) is 1. The lowest BCUT2D eigenvalue weighted by molar-refractivity contribution is 0.0937. The molecule has 2 saturated heterocycles. The molecule has 1 aromatic heterocycles. The molecule has 3 heterocycles. The average molecular weight is 329 g/mol. The van der Waals surface area contributed by atoms with Crippen LogP contribution in [0.1, 0.15) is 24.8 Å². The number of hydrogen-bond acceptors (Lipinski definition) is 4. The van der Waals surface area contributed by atoms with E-state index in [0.29, 0.717) is 0 Å². The minimum Gasteiger partial charge on any atom is -0.304 e. The van der Waals surface area contributed by atoms with Crippen molar-refractivity contribution in [3.63, 3.8) is 0 Å². The van der Waals surface area contributed by atoms with Crippen LogP contribution in [0.5, 0.6) is 0 Å². The number of aromatic nitrogens is 1. The van der Waals surface area contributed by atoms with E-state index >= 15 is 0 Å². The summed E-state index contributed by atoms with van der Waals surface area (Å²) < 4.78 is 0. The Morgan fingerprint density at radius 3 is 2.58 bits per heavy atom. The Balaban J connectivity index is 1.34. The summed E-state index contributed by atoms with van der Waals surface area (Å²) in [5, 5.41) is 0. The number of likely N-dealkylation sites (N-methyl/N-ethyl adjacent to an activating group) is 1. The Labute approximate surface area is 146 Å². The molecule has 2 aliphatic heterocycles. The summed E-state index contributed by atoms with van der Waals surface area (Å²) in [5.41, 5.74) is 1.42. The van der Waals surface area contributed by atoms with Gasteiger partial charge in [-0.05, 0) is 55.3 Å². The van der Waals surface area contributed by atoms with Gasteiger partial charge in [0, 0.05) is 64.8 Å². The number of nitrogens with zero attached hydrogens (tertiary/aromatic N) is 4. The highest BCUT2D eigenvalue weighted by Crippen LogP contribution is 2.41. The van der Waals surface area contributed by atoms with E-state index < -0.39 is 0 Å². The fourth-order valence-electron chi connectivity index (χ4n) is 5.15. The molecular formula is C20H32N4. The van der Waals surface area contributed by atoms with E-state index in [1.54, 1.807) is 0 Å². The third-order valence-electron chi connectivity index (χ3n) is 6.57. The van der Waals surface area contributed by atoms with E-state index in [1.165, 1.54) is 70.6 Å². The average Bonchev–Trinajstić information content (AvgIpc) is 3.01. The van der Waals surface area contributed by atoms with Crippen LogP contribution in [0.4, 0.5) is 0 Å². The van der Waals surface area contributed by atoms with E-state index in [-0.39, 0.29) is 0 Å². The summed E-state index contributed by atoms with van der Waals surface area (Å²) in [4.78, 5) is 12.0. The van der Waals surface area contributed by atoms with Crippen molar-refractivity contribution in [2.45, 2.75) is 25.8 Å². The molecule has 1 aromatic rings. The molecule has 24 heavy (non-hydrogen) atoms. The second-order valence-electron chi connectivity index (χ2n) is 8.27. The molecule has 0 amide bonds. The van der Waals surface area contributed by atoms with Gasteiger partial charge >= 0.3 is 0 Å². The zero-order valence-corrected chi connectivity index (χ0v) is 15.1. The van der Waals surface area contributed by atoms with Crippen molar-refractivity contribution < 1.29 is 0 Å². The second-order valence-corrected chi connectivity index (χ2v) is 8.27. The van der Waals surface area contributed by atoms with Crippen molar-refractivity contribution in [3.05, 3.63) is 30.1 Å². The predicted molar refractivity (Wildman–Crippen MR) is 97.8 cm³/mol. The molecule has 132 valence electrons. The van der Waals surface area contributed by atoms with Crippen LogP contribution in [0, 0.1) is 17.8 Å². The van der Waals surface area contributed by atoms with Gasteiger partial charge in [-0.2, -0.15) is 0 Å². The van der Waals surface area contributed by atoms with Gasteiger partial charge in [-0.25, -0.2) is 0 Å². The highest BCUT2D eigenvalue weighted by atomic mass is 15.2. The van der Waals surface area contributed by atoms with Gasteiger partial charge in [0.25, 0.3) is 0 Å². The minimum absolute atomic E-state index is 0.926. The van der Waals surface area contributed by atoms with E-state index in [1.807, 2.05) is 12.4 Å². The van der Waals surface area contributed by atoms with Crippen molar-refractivity contribution in [1.29, 1.82) is 0 Å². The van der Waals surface area contributed by atoms with E-state index in [4.69, 9.17) is 0 Å². The molecule has 0 aromatic carbocycles. The van der Waals surface area contributed by atoms with Crippen LogP contribution < -0.4 is 0 Å². The van der Waals surface area contributed by atoms with Crippen molar-refractivity contribution in [1.82, 2.24) is 19.7 Å². The summed E-state index contributed by atoms with van der Waals surface area (Å²) in [6, 6.07) is 4.34. The molecule has 3 fully saturated rings. The fraction of sp³-hybridized carbons (Fsp3) is 0.750. The Morgan fingerprint density at radius 2 is 1.79 bits per heavy atom. The van der Waals surface area contributed by atoms with Crippen molar-refractivity contribution in [2.24, 2.45) is 17.8 Å². The quantitative estimate of drug-likeness (QED) is 0.845. The zero-order chi connectivity index (χ0) is 16.4. The number of pyridine rings is 1. The van der Waals surface area contributed by atoms with Crippen LogP contribution in [0.2, 0.25) is 0 Å². The van der Waals surface area contributed by atoms with Crippen LogP contribution >= 0.6 is 0 Å². The van der Waals surface area contributed by atoms with Gasteiger partial charge in [0.1, 0.15) is 0 Å². The van der Waals surface area contributed by atoms with Crippen molar-refractivity contribution >= 4 is 0 Å². The van der Waals surface area contributed by atoms with Crippen LogP contribution in [0.25, 0.3) is 0 Å². The molecule has 4 heteroatoms. The topological polar surface area (TPSA) is 22.6 Å². The third-order valence-corrected chi connectivity index (χ3v) is 6.57. The lowest BCUT2D eigenvalue weighted by atomic mass is 9.73. The molecule has 0 radical (unpaired) electrons. The molecule has 0 unspecified atom stereocenters. The lowest BCUT2D eigenvalue weighted by Gasteiger charge is -2.39. The highest BCUT2D eigenvalue weighted by Gasteiger charge is 2.40. The smallest absolute Gasteiger partial charge is 0.0271 e. The van der Waals surface area contributed by atoms with Gasteiger partial charge in [-0.15, -0.1) is 0 Å². The summed E-state index contributed by atoms with van der Waals surface area (Å²) in [6.07, 6.45) is 8.21. The largest absolute Gasteiger partial charge is 0.304 e. The van der Waals surface area contributed by atoms with E-state index in [0.717, 1.165) is 24.3 Å². The van der Waals surface area contributed by atoms with Crippen LogP contribution in [0.3, 0.4) is 0 Å². The van der Waals surface area contributed by atoms with E-state index in [2.05, 4.69) is 38.9 Å². The maximum Gasteiger partial charge on any atom is 0.0271 e. The van der Waals surface area contributed by atoms with Crippen LogP contribution in [-0.4, -0.2) is 72.5 Å². The van der Waals surface area contributed by atoms with Gasteiger partial charge in [-0.1, -0.05) is 6.42 Å². The molecule has 3 atom stereocenters. The molecule has 4 rings (SSSR count). The molecule has 1 aliphatic carbocycles. The monoisotopic (exact) mass is 328 g/mol. The normalized spacial score (nSPS) is 32.8. The number of hydrogen-bond donors (Lipinski definition) is 0. The molecule has 0 N–H and O–H groups in total. The SMILES string of the molecule is CN1CCN(C[C@@H]2CCC[C@@H]3CN(Cc4ccncc4)C[C@@H]32)CC1. The highest BCUT2D eigenvalue weighted by molar-refractivity contribution is 5.10. The van der Waals surface area contributed by atoms with Gasteiger partial charge in [0.15, 0.2) is 0 Å². The van der Waals surface area contributed by atoms with Gasteiger partial charge in [-0.3, -0.25) is 9.88 Å². The summed E-state index contributed by atoms with van der Waals surface area (Å²) >= 11 is 0. The Hall–Kier alpha value is -0.970. The third kappa shape index (κ3) is 3.81. The first-order chi connectivity index (χ1) is 11.8. The Kier molecular flexibility index (Phi) is 5.16. The number of rotatable bonds is 4. The van der Waals surface area contributed by atoms with Crippen molar-refractivity contribution in [2.75, 3.05) is 52.9 Å². The first-order valence-corrected chi connectivity index (χ1v) is 9.80. The standard InChI is InChI=1S/C20H32N4/c1-22-9-11-23(12-10-22)14-18-3-2-4-19-15-24(16-20(18)19)13-17-5-7-21-8-6-17/h5-8,18-20H,2-4,9-16H2,1H3/t18-,19+,20+/m0/s1. The first kappa shape index (κ1) is 16.5. The van der Waals surface area contributed by atoms with Crippen LogP contribution in [-0.2, 0) is 6.54 Å². The van der Waals surface area contributed by atoms with Gasteiger partial charge in [0.05, 0.1) is 0 Å². The van der Waals surface area contributed by atoms with Gasteiger partial charge < -0.3 is 9.80 Å². The molecular weight excluding hydrogens is 296 g/mol. The second kappa shape index (κ2) is 7.51. The lowest BCUT2D eigenvalue weighted by Crippen LogP contribution is -2.47. The van der Waals surface area contributed by atoms with Gasteiger partial charge in [0.2, 0.25) is 0 Å². The molecule has 1 saturated carbocycles. The summed E-state index contributed by atoms with van der Waals surface area (Å²) in [7, 11) is 2.25. The summed E-state index contributed by atoms with van der Waals surface area (Å²) in [5.74, 6) is 2.80. The molecule has 0 spiro atoms. The first-order valence-electron chi connectivity index (χ1n) is 9.80. The van der Waals surface area contributed by atoms with Crippen LogP contribution in [0.15, 0.2) is 24.5 Å². The maximum atomic E-state index is 4.15. The fourth-order valence-corrected chi connectivity index (χ4v) is 5.15. The van der Waals surface area contributed by atoms with Crippen molar-refractivity contribution in [3.8, 4) is 0 Å². The number of fused-ring (bicyclic) bond motifs is 1. The zero-order valence-electron chi connectivity index (χ0n) is 15.1. The predicted octanol–water partition coefficient (Wildman–Crippen LogP) is 2.18. The Morgan fingerprint density at radius 1 is 1.00 bits per heavy atom. The summed E-state index contributed by atoms with van der Waals surface area (Å²) in [6.45, 7) is 10.1. The molecule has 0 bridgehead atoms. The van der Waals surface area contributed by atoms with E-state index in [9.17, 15) is 0 Å². The Bertz CT molecular complexity index is 512. The molecule has 4 nitrogen and oxygen atoms in total.